The zero-order valence-electron chi connectivity index (χ0n) is 14.0. The van der Waals surface area contributed by atoms with Gasteiger partial charge in [0.1, 0.15) is 11.9 Å². The summed E-state index contributed by atoms with van der Waals surface area (Å²) >= 11 is 0. The lowest BCUT2D eigenvalue weighted by Gasteiger charge is -2.35. The number of rotatable bonds is 3. The van der Waals surface area contributed by atoms with Gasteiger partial charge in [-0.25, -0.2) is 9.78 Å². The highest BCUT2D eigenvalue weighted by atomic mass is 16.3. The van der Waals surface area contributed by atoms with Crippen LogP contribution in [0.4, 0.5) is 4.79 Å². The highest BCUT2D eigenvalue weighted by Crippen LogP contribution is 2.16. The van der Waals surface area contributed by atoms with Gasteiger partial charge in [-0.05, 0) is 25.7 Å². The van der Waals surface area contributed by atoms with Gasteiger partial charge in [-0.2, -0.15) is 0 Å². The van der Waals surface area contributed by atoms with E-state index in [0.717, 1.165) is 25.1 Å². The Morgan fingerprint density at radius 2 is 2.17 bits per heavy atom. The zero-order valence-corrected chi connectivity index (χ0v) is 14.0. The maximum Gasteiger partial charge on any atom is 0.318 e. The van der Waals surface area contributed by atoms with Crippen molar-refractivity contribution in [3.05, 3.63) is 18.2 Å². The van der Waals surface area contributed by atoms with Crippen LogP contribution < -0.4 is 5.32 Å². The van der Waals surface area contributed by atoms with Crippen LogP contribution in [0.5, 0.6) is 0 Å². The molecule has 0 radical (unpaired) electrons. The standard InChI is InChI=1S/C16H25N5O3/c1-19-9-6-17-14(19)11-20-7-3-5-13(15(20)23)18-16(24)21-8-2-4-12(22)10-21/h6,9,12-13,22H,2-5,7-8,10-11H2,1H3,(H,18,24)/t12-,13?/m1/s1. The second-order valence-corrected chi connectivity index (χ2v) is 6.60. The minimum atomic E-state index is -0.495. The van der Waals surface area contributed by atoms with Gasteiger partial charge < -0.3 is 24.8 Å². The third-order valence-electron chi connectivity index (χ3n) is 4.77. The number of carbonyl (C=O) groups is 2. The van der Waals surface area contributed by atoms with Crippen LogP contribution in [0.25, 0.3) is 0 Å². The first kappa shape index (κ1) is 16.8. The number of aromatic nitrogens is 2. The Morgan fingerprint density at radius 3 is 2.88 bits per heavy atom. The number of aliphatic hydroxyl groups excluding tert-OH is 1. The summed E-state index contributed by atoms with van der Waals surface area (Å²) in [6.07, 6.45) is 6.12. The quantitative estimate of drug-likeness (QED) is 0.818. The molecule has 1 aromatic rings. The molecule has 0 saturated carbocycles. The topological polar surface area (TPSA) is 90.7 Å². The molecular formula is C16H25N5O3. The first-order valence-electron chi connectivity index (χ1n) is 8.53. The Morgan fingerprint density at radius 1 is 1.38 bits per heavy atom. The molecule has 2 N–H and O–H groups in total. The van der Waals surface area contributed by atoms with Gasteiger partial charge in [0, 0.05) is 39.1 Å². The van der Waals surface area contributed by atoms with Gasteiger partial charge in [-0.3, -0.25) is 4.79 Å². The Kier molecular flexibility index (Phi) is 5.03. The van der Waals surface area contributed by atoms with Crippen molar-refractivity contribution in [1.29, 1.82) is 0 Å². The molecule has 8 heteroatoms. The second kappa shape index (κ2) is 7.21. The molecule has 2 saturated heterocycles. The van der Waals surface area contributed by atoms with Crippen LogP contribution in [0.15, 0.2) is 12.4 Å². The Bertz CT molecular complexity index is 602. The monoisotopic (exact) mass is 335 g/mol. The van der Waals surface area contributed by atoms with Crippen molar-refractivity contribution in [1.82, 2.24) is 24.7 Å². The minimum Gasteiger partial charge on any atom is -0.391 e. The fourth-order valence-electron chi connectivity index (χ4n) is 3.33. The number of imidazole rings is 1. The minimum absolute atomic E-state index is 0.0600. The van der Waals surface area contributed by atoms with Crippen LogP contribution in [-0.2, 0) is 18.4 Å². The molecule has 8 nitrogen and oxygen atoms in total. The Hall–Kier alpha value is -2.09. The number of nitrogens with zero attached hydrogens (tertiary/aromatic N) is 4. The van der Waals surface area contributed by atoms with Crippen LogP contribution in [0.2, 0.25) is 0 Å². The number of likely N-dealkylation sites (tertiary alicyclic amines) is 2. The van der Waals surface area contributed by atoms with Gasteiger partial charge in [-0.15, -0.1) is 0 Å². The molecular weight excluding hydrogens is 310 g/mol. The van der Waals surface area contributed by atoms with Crippen molar-refractivity contribution >= 4 is 11.9 Å². The molecule has 0 aliphatic carbocycles. The van der Waals surface area contributed by atoms with E-state index in [1.54, 1.807) is 16.0 Å². The van der Waals surface area contributed by atoms with E-state index in [1.165, 1.54) is 0 Å². The maximum atomic E-state index is 12.7. The number of hydrogen-bond acceptors (Lipinski definition) is 4. The summed E-state index contributed by atoms with van der Waals surface area (Å²) < 4.78 is 1.89. The van der Waals surface area contributed by atoms with E-state index in [-0.39, 0.29) is 11.9 Å². The lowest BCUT2D eigenvalue weighted by Crippen LogP contribution is -2.56. The predicted molar refractivity (Wildman–Crippen MR) is 87.0 cm³/mol. The summed E-state index contributed by atoms with van der Waals surface area (Å²) in [5.74, 6) is 0.768. The third-order valence-corrected chi connectivity index (χ3v) is 4.77. The predicted octanol–water partition coefficient (Wildman–Crippen LogP) is 0.0774. The summed E-state index contributed by atoms with van der Waals surface area (Å²) in [6, 6.07) is -0.753. The van der Waals surface area contributed by atoms with Crippen molar-refractivity contribution in [3.63, 3.8) is 0 Å². The number of aryl methyl sites for hydroxylation is 1. The molecule has 2 atom stereocenters. The molecule has 2 aliphatic rings. The van der Waals surface area contributed by atoms with Crippen molar-refractivity contribution < 1.29 is 14.7 Å². The van der Waals surface area contributed by atoms with Crippen LogP contribution in [-0.4, -0.2) is 68.2 Å². The highest BCUT2D eigenvalue weighted by Gasteiger charge is 2.32. The number of piperidine rings is 2. The smallest absolute Gasteiger partial charge is 0.318 e. The number of amides is 3. The van der Waals surface area contributed by atoms with Gasteiger partial charge in [0.2, 0.25) is 5.91 Å². The average Bonchev–Trinajstić information content (AvgIpc) is 2.96. The van der Waals surface area contributed by atoms with Gasteiger partial charge in [0.15, 0.2) is 0 Å². The second-order valence-electron chi connectivity index (χ2n) is 6.60. The summed E-state index contributed by atoms with van der Waals surface area (Å²) in [6.45, 7) is 2.10. The molecule has 24 heavy (non-hydrogen) atoms. The lowest BCUT2D eigenvalue weighted by molar-refractivity contribution is -0.136. The lowest BCUT2D eigenvalue weighted by atomic mass is 10.0. The Labute approximate surface area is 141 Å². The van der Waals surface area contributed by atoms with Crippen LogP contribution in [0, 0.1) is 0 Å². The van der Waals surface area contributed by atoms with Gasteiger partial charge in [0.25, 0.3) is 0 Å². The molecule has 1 aromatic heterocycles. The molecule has 3 amide bonds. The molecule has 0 aromatic carbocycles. The number of aliphatic hydroxyl groups is 1. The van der Waals surface area contributed by atoms with E-state index in [9.17, 15) is 14.7 Å². The summed E-state index contributed by atoms with van der Waals surface area (Å²) in [4.78, 5) is 32.6. The van der Waals surface area contributed by atoms with E-state index >= 15 is 0 Å². The van der Waals surface area contributed by atoms with E-state index in [0.29, 0.717) is 32.6 Å². The van der Waals surface area contributed by atoms with Crippen LogP contribution in [0.3, 0.4) is 0 Å². The van der Waals surface area contributed by atoms with E-state index in [4.69, 9.17) is 0 Å². The first-order chi connectivity index (χ1) is 11.5. The highest BCUT2D eigenvalue weighted by molar-refractivity contribution is 5.87. The van der Waals surface area contributed by atoms with Crippen molar-refractivity contribution in [2.45, 2.75) is 44.4 Å². The largest absolute Gasteiger partial charge is 0.391 e. The van der Waals surface area contributed by atoms with E-state index in [1.807, 2.05) is 17.8 Å². The van der Waals surface area contributed by atoms with Crippen LogP contribution in [0.1, 0.15) is 31.5 Å². The molecule has 0 bridgehead atoms. The molecule has 3 heterocycles. The van der Waals surface area contributed by atoms with Crippen molar-refractivity contribution in [2.24, 2.45) is 7.05 Å². The van der Waals surface area contributed by atoms with Gasteiger partial charge >= 0.3 is 6.03 Å². The number of urea groups is 1. The normalized spacial score (nSPS) is 25.0. The third kappa shape index (κ3) is 3.69. The Balaban J connectivity index is 1.58. The number of carbonyl (C=O) groups excluding carboxylic acids is 2. The first-order valence-corrected chi connectivity index (χ1v) is 8.53. The van der Waals surface area contributed by atoms with Crippen LogP contribution >= 0.6 is 0 Å². The van der Waals surface area contributed by atoms with E-state index < -0.39 is 12.1 Å². The summed E-state index contributed by atoms with van der Waals surface area (Å²) in [5, 5.41) is 12.5. The summed E-state index contributed by atoms with van der Waals surface area (Å²) in [7, 11) is 1.90. The molecule has 1 unspecified atom stereocenters. The number of β-amino-alcohol motifs (C(OH)–C–C–N with tert-alkyl or cyclic N) is 1. The number of hydrogen-bond donors (Lipinski definition) is 2. The number of nitrogens with one attached hydrogen (secondary N) is 1. The molecule has 2 fully saturated rings. The SMILES string of the molecule is Cn1ccnc1CN1CCCC(NC(=O)N2CCC[C@@H](O)C2)C1=O. The fourth-order valence-corrected chi connectivity index (χ4v) is 3.33. The fraction of sp³-hybridized carbons (Fsp3) is 0.688. The molecule has 3 rings (SSSR count). The molecule has 132 valence electrons. The summed E-state index contributed by atoms with van der Waals surface area (Å²) in [5.41, 5.74) is 0. The van der Waals surface area contributed by atoms with Gasteiger partial charge in [-0.1, -0.05) is 0 Å². The average molecular weight is 335 g/mol. The zero-order chi connectivity index (χ0) is 17.1. The molecule has 0 spiro atoms. The van der Waals surface area contributed by atoms with Crippen molar-refractivity contribution in [2.75, 3.05) is 19.6 Å². The maximum absolute atomic E-state index is 12.7. The molecule has 2 aliphatic heterocycles. The van der Waals surface area contributed by atoms with Crippen molar-refractivity contribution in [3.8, 4) is 0 Å². The van der Waals surface area contributed by atoms with Gasteiger partial charge in [0.05, 0.1) is 12.6 Å². The van der Waals surface area contributed by atoms with E-state index in [2.05, 4.69) is 10.3 Å².